The summed E-state index contributed by atoms with van der Waals surface area (Å²) < 4.78 is 4.96. The van der Waals surface area contributed by atoms with E-state index in [1.165, 1.54) is 0 Å². The fraction of sp³-hybridized carbons (Fsp3) is 0.250. The highest BCUT2D eigenvalue weighted by atomic mass is 16.5. The predicted molar refractivity (Wildman–Crippen MR) is 64.7 cm³/mol. The van der Waals surface area contributed by atoms with Gasteiger partial charge in [0.25, 0.3) is 0 Å². The molecule has 0 saturated heterocycles. The number of benzene rings is 1. The Morgan fingerprint density at radius 2 is 2.12 bits per heavy atom. The van der Waals surface area contributed by atoms with Crippen molar-refractivity contribution in [3.8, 4) is 0 Å². The summed E-state index contributed by atoms with van der Waals surface area (Å²) in [6, 6.07) is 7.10. The average molecular weight is 231 g/mol. The molecule has 17 heavy (non-hydrogen) atoms. The number of azide groups is 1. The maximum Gasteiger partial charge on any atom is 0.333 e. The summed E-state index contributed by atoms with van der Waals surface area (Å²) in [6.45, 7) is 5.41. The Balaban J connectivity index is 2.45. The summed E-state index contributed by atoms with van der Waals surface area (Å²) in [5, 5.41) is 3.46. The van der Waals surface area contributed by atoms with Crippen LogP contribution in [-0.2, 0) is 16.0 Å². The Labute approximate surface area is 99.3 Å². The highest BCUT2D eigenvalue weighted by Crippen LogP contribution is 2.13. The molecule has 0 radical (unpaired) electrons. The van der Waals surface area contributed by atoms with Gasteiger partial charge in [-0.25, -0.2) is 4.79 Å². The summed E-state index contributed by atoms with van der Waals surface area (Å²) in [7, 11) is 0. The highest BCUT2D eigenvalue weighted by molar-refractivity contribution is 5.86. The second-order valence-electron chi connectivity index (χ2n) is 3.52. The van der Waals surface area contributed by atoms with Crippen LogP contribution >= 0.6 is 0 Å². The third-order valence-corrected chi connectivity index (χ3v) is 2.07. The molecule has 88 valence electrons. The number of carbonyl (C=O) groups excluding carboxylic acids is 1. The van der Waals surface area contributed by atoms with Crippen molar-refractivity contribution in [2.45, 2.75) is 13.3 Å². The lowest BCUT2D eigenvalue weighted by atomic mass is 10.1. The van der Waals surface area contributed by atoms with Crippen LogP contribution in [0.1, 0.15) is 12.5 Å². The van der Waals surface area contributed by atoms with Crippen LogP contribution in [-0.4, -0.2) is 12.6 Å². The van der Waals surface area contributed by atoms with Crippen molar-refractivity contribution in [1.29, 1.82) is 0 Å². The maximum atomic E-state index is 11.1. The van der Waals surface area contributed by atoms with Gasteiger partial charge in [0.05, 0.1) is 6.61 Å². The van der Waals surface area contributed by atoms with Gasteiger partial charge in [0.2, 0.25) is 0 Å². The van der Waals surface area contributed by atoms with Gasteiger partial charge in [-0.2, -0.15) is 0 Å². The number of nitrogens with zero attached hydrogens (tertiary/aromatic N) is 3. The highest BCUT2D eigenvalue weighted by Gasteiger charge is 2.02. The molecule has 0 fully saturated rings. The number of carbonyl (C=O) groups is 1. The number of esters is 1. The molecule has 0 bridgehead atoms. The topological polar surface area (TPSA) is 75.1 Å². The minimum absolute atomic E-state index is 0.312. The number of rotatable bonds is 5. The molecule has 0 heterocycles. The van der Waals surface area contributed by atoms with Gasteiger partial charge in [-0.1, -0.05) is 36.0 Å². The van der Waals surface area contributed by atoms with Gasteiger partial charge in [0, 0.05) is 22.6 Å². The van der Waals surface area contributed by atoms with Crippen molar-refractivity contribution in [2.75, 3.05) is 6.61 Å². The van der Waals surface area contributed by atoms with Gasteiger partial charge in [-0.05, 0) is 18.0 Å². The molecule has 0 N–H and O–H groups in total. The second-order valence-corrected chi connectivity index (χ2v) is 3.52. The van der Waals surface area contributed by atoms with Crippen molar-refractivity contribution >= 4 is 11.7 Å². The van der Waals surface area contributed by atoms with Crippen LogP contribution in [0.2, 0.25) is 0 Å². The SMILES string of the molecule is C=C(C)C(=O)OCCc1ccc(N=[N+]=[N-])cc1. The van der Waals surface area contributed by atoms with Gasteiger partial charge in [-0.15, -0.1) is 0 Å². The third kappa shape index (κ3) is 4.40. The van der Waals surface area contributed by atoms with E-state index in [4.69, 9.17) is 10.3 Å². The van der Waals surface area contributed by atoms with Crippen molar-refractivity contribution in [3.05, 3.63) is 52.4 Å². The Hall–Kier alpha value is -2.26. The normalized spacial score (nSPS) is 9.24. The van der Waals surface area contributed by atoms with Crippen LogP contribution in [0.5, 0.6) is 0 Å². The zero-order valence-electron chi connectivity index (χ0n) is 9.59. The van der Waals surface area contributed by atoms with Crippen LogP contribution in [0.15, 0.2) is 41.5 Å². The molecule has 0 aliphatic heterocycles. The molecular formula is C12H13N3O2. The first-order valence-electron chi connectivity index (χ1n) is 5.10. The van der Waals surface area contributed by atoms with E-state index >= 15 is 0 Å². The largest absolute Gasteiger partial charge is 0.462 e. The first-order valence-corrected chi connectivity index (χ1v) is 5.10. The summed E-state index contributed by atoms with van der Waals surface area (Å²) in [6.07, 6.45) is 0.621. The molecule has 5 nitrogen and oxygen atoms in total. The molecule has 0 saturated carbocycles. The molecule has 0 aliphatic carbocycles. The molecule has 1 rings (SSSR count). The smallest absolute Gasteiger partial charge is 0.333 e. The number of ether oxygens (including phenoxy) is 1. The molecule has 0 aromatic heterocycles. The minimum Gasteiger partial charge on any atom is -0.462 e. The average Bonchev–Trinajstić information content (AvgIpc) is 2.31. The summed E-state index contributed by atoms with van der Waals surface area (Å²) in [5.41, 5.74) is 10.2. The molecule has 0 amide bonds. The van der Waals surface area contributed by atoms with E-state index in [0.29, 0.717) is 24.3 Å². The Kier molecular flexibility index (Phi) is 4.78. The molecule has 0 unspecified atom stereocenters. The van der Waals surface area contributed by atoms with Crippen LogP contribution < -0.4 is 0 Å². The van der Waals surface area contributed by atoms with Crippen LogP contribution in [0, 0.1) is 0 Å². The molecule has 0 spiro atoms. The lowest BCUT2D eigenvalue weighted by molar-refractivity contribution is -0.138. The zero-order chi connectivity index (χ0) is 12.7. The molecule has 1 aromatic rings. The van der Waals surface area contributed by atoms with Crippen molar-refractivity contribution in [3.63, 3.8) is 0 Å². The Morgan fingerprint density at radius 1 is 1.47 bits per heavy atom. The van der Waals surface area contributed by atoms with Crippen LogP contribution in [0.25, 0.3) is 10.4 Å². The molecule has 0 aliphatic rings. The van der Waals surface area contributed by atoms with E-state index in [0.717, 1.165) is 5.56 Å². The van der Waals surface area contributed by atoms with Crippen LogP contribution in [0.4, 0.5) is 5.69 Å². The second kappa shape index (κ2) is 6.35. The maximum absolute atomic E-state index is 11.1. The van der Waals surface area contributed by atoms with E-state index in [1.54, 1.807) is 19.1 Å². The van der Waals surface area contributed by atoms with Gasteiger partial charge in [-0.3, -0.25) is 0 Å². The fourth-order valence-corrected chi connectivity index (χ4v) is 1.17. The Bertz CT molecular complexity index is 459. The van der Waals surface area contributed by atoms with E-state index in [2.05, 4.69) is 16.6 Å². The molecule has 5 heteroatoms. The van der Waals surface area contributed by atoms with Crippen LogP contribution in [0.3, 0.4) is 0 Å². The van der Waals surface area contributed by atoms with Gasteiger partial charge < -0.3 is 4.74 Å². The molecule has 1 aromatic carbocycles. The first-order chi connectivity index (χ1) is 8.13. The standard InChI is InChI=1S/C12H13N3O2/c1-9(2)12(16)17-8-7-10-3-5-11(6-4-10)14-15-13/h3-6H,1,7-8H2,2H3. The molecular weight excluding hydrogens is 218 g/mol. The predicted octanol–water partition coefficient (Wildman–Crippen LogP) is 3.29. The van der Waals surface area contributed by atoms with Crippen molar-refractivity contribution < 1.29 is 9.53 Å². The van der Waals surface area contributed by atoms with Gasteiger partial charge in [0.1, 0.15) is 0 Å². The van der Waals surface area contributed by atoms with E-state index in [-0.39, 0.29) is 5.97 Å². The quantitative estimate of drug-likeness (QED) is 0.256. The fourth-order valence-electron chi connectivity index (χ4n) is 1.17. The van der Waals surface area contributed by atoms with E-state index in [9.17, 15) is 4.79 Å². The lowest BCUT2D eigenvalue weighted by Crippen LogP contribution is -2.07. The minimum atomic E-state index is -0.379. The zero-order valence-corrected chi connectivity index (χ0v) is 9.59. The summed E-state index contributed by atoms with van der Waals surface area (Å²) in [5.74, 6) is -0.379. The Morgan fingerprint density at radius 3 is 2.65 bits per heavy atom. The van der Waals surface area contributed by atoms with Crippen molar-refractivity contribution in [2.24, 2.45) is 5.11 Å². The van der Waals surface area contributed by atoms with Gasteiger partial charge in [0.15, 0.2) is 0 Å². The third-order valence-electron chi connectivity index (χ3n) is 2.07. The first kappa shape index (κ1) is 12.8. The van der Waals surface area contributed by atoms with Crippen molar-refractivity contribution in [1.82, 2.24) is 0 Å². The summed E-state index contributed by atoms with van der Waals surface area (Å²) in [4.78, 5) is 13.8. The number of hydrogen-bond donors (Lipinski definition) is 0. The monoisotopic (exact) mass is 231 g/mol. The summed E-state index contributed by atoms with van der Waals surface area (Å²) >= 11 is 0. The van der Waals surface area contributed by atoms with E-state index < -0.39 is 0 Å². The molecule has 0 atom stereocenters. The number of hydrogen-bond acceptors (Lipinski definition) is 3. The van der Waals surface area contributed by atoms with E-state index in [1.807, 2.05) is 12.1 Å². The lowest BCUT2D eigenvalue weighted by Gasteiger charge is -2.04. The van der Waals surface area contributed by atoms with Gasteiger partial charge >= 0.3 is 5.97 Å².